The summed E-state index contributed by atoms with van der Waals surface area (Å²) in [6, 6.07) is 5.89. The molecule has 2 aliphatic rings. The summed E-state index contributed by atoms with van der Waals surface area (Å²) in [6.07, 6.45) is 2.83. The molecular formula is C22H29N5O2S. The standard InChI is InChI=1S/C22H29N5O2S/c1-15-6-4-8-18(16(15)2)23-20(28)14-30-21-17-7-5-9-19(17)27(22(29)24-21)26-12-10-25(3)11-13-26/h4,6,8H,5,7,9-14H2,1-3H3,(H,23,28). The highest BCUT2D eigenvalue weighted by Crippen LogP contribution is 2.29. The van der Waals surface area contributed by atoms with Crippen molar-refractivity contribution in [2.45, 2.75) is 38.1 Å². The van der Waals surface area contributed by atoms with Crippen LogP contribution in [0, 0.1) is 13.8 Å². The molecule has 1 saturated heterocycles. The molecule has 0 bridgehead atoms. The fraction of sp³-hybridized carbons (Fsp3) is 0.500. The number of aryl methyl sites for hydroxylation is 1. The monoisotopic (exact) mass is 427 g/mol. The average molecular weight is 428 g/mol. The van der Waals surface area contributed by atoms with Gasteiger partial charge >= 0.3 is 5.69 Å². The molecule has 1 aliphatic heterocycles. The first-order valence-corrected chi connectivity index (χ1v) is 11.5. The van der Waals surface area contributed by atoms with E-state index in [1.807, 2.05) is 32.0 Å². The van der Waals surface area contributed by atoms with Gasteiger partial charge in [0.2, 0.25) is 5.91 Å². The minimum absolute atomic E-state index is 0.0782. The minimum atomic E-state index is -0.224. The molecule has 2 heterocycles. The third kappa shape index (κ3) is 4.25. The van der Waals surface area contributed by atoms with Crippen molar-refractivity contribution in [1.82, 2.24) is 14.6 Å². The molecule has 7 nitrogen and oxygen atoms in total. The zero-order chi connectivity index (χ0) is 21.3. The predicted octanol–water partition coefficient (Wildman–Crippen LogP) is 1.96. The molecule has 0 atom stereocenters. The Bertz CT molecular complexity index is 1010. The molecule has 30 heavy (non-hydrogen) atoms. The molecule has 0 radical (unpaired) electrons. The number of benzene rings is 1. The predicted molar refractivity (Wildman–Crippen MR) is 121 cm³/mol. The Morgan fingerprint density at radius 1 is 1.17 bits per heavy atom. The number of hydrogen-bond acceptors (Lipinski definition) is 6. The fourth-order valence-electron chi connectivity index (χ4n) is 4.12. The normalized spacial score (nSPS) is 16.6. The summed E-state index contributed by atoms with van der Waals surface area (Å²) in [7, 11) is 2.10. The second-order valence-corrected chi connectivity index (χ2v) is 9.10. The van der Waals surface area contributed by atoms with Gasteiger partial charge in [0.15, 0.2) is 0 Å². The van der Waals surface area contributed by atoms with Crippen LogP contribution in [0.25, 0.3) is 0 Å². The van der Waals surface area contributed by atoms with E-state index < -0.39 is 0 Å². The highest BCUT2D eigenvalue weighted by atomic mass is 32.2. The maximum Gasteiger partial charge on any atom is 0.367 e. The molecule has 1 aromatic heterocycles. The second-order valence-electron chi connectivity index (χ2n) is 8.13. The van der Waals surface area contributed by atoms with Crippen LogP contribution in [0.5, 0.6) is 0 Å². The number of amides is 1. The SMILES string of the molecule is Cc1cccc(NC(=O)CSc2nc(=O)n(N3CCN(C)CC3)c3c2CCC3)c1C. The number of carbonyl (C=O) groups is 1. The van der Waals surface area contributed by atoms with Crippen LogP contribution in [0.2, 0.25) is 0 Å². The Morgan fingerprint density at radius 2 is 1.93 bits per heavy atom. The summed E-state index contributed by atoms with van der Waals surface area (Å²) >= 11 is 1.37. The molecule has 0 spiro atoms. The van der Waals surface area contributed by atoms with Crippen LogP contribution in [0.15, 0.2) is 28.0 Å². The summed E-state index contributed by atoms with van der Waals surface area (Å²) in [6.45, 7) is 7.57. The van der Waals surface area contributed by atoms with Crippen LogP contribution in [-0.4, -0.2) is 59.4 Å². The van der Waals surface area contributed by atoms with Gasteiger partial charge in [-0.05, 0) is 57.4 Å². The average Bonchev–Trinajstić information content (AvgIpc) is 3.20. The number of hydrogen-bond donors (Lipinski definition) is 1. The third-order valence-corrected chi connectivity index (χ3v) is 7.08. The molecule has 4 rings (SSSR count). The fourth-order valence-corrected chi connectivity index (χ4v) is 5.00. The van der Waals surface area contributed by atoms with E-state index in [2.05, 4.69) is 27.3 Å². The largest absolute Gasteiger partial charge is 0.367 e. The molecule has 2 aromatic rings. The van der Waals surface area contributed by atoms with Gasteiger partial charge in [0, 0.05) is 37.4 Å². The number of nitrogens with zero attached hydrogens (tertiary/aromatic N) is 4. The lowest BCUT2D eigenvalue weighted by atomic mass is 10.1. The summed E-state index contributed by atoms with van der Waals surface area (Å²) < 4.78 is 1.80. The number of rotatable bonds is 5. The maximum absolute atomic E-state index is 12.9. The van der Waals surface area contributed by atoms with E-state index in [0.717, 1.165) is 73.5 Å². The van der Waals surface area contributed by atoms with Gasteiger partial charge in [-0.1, -0.05) is 23.9 Å². The zero-order valence-corrected chi connectivity index (χ0v) is 18.7. The van der Waals surface area contributed by atoms with Gasteiger partial charge in [-0.3, -0.25) is 4.79 Å². The summed E-state index contributed by atoms with van der Waals surface area (Å²) in [4.78, 5) is 32.1. The van der Waals surface area contributed by atoms with E-state index in [0.29, 0.717) is 5.03 Å². The number of piperazine rings is 1. The first-order valence-electron chi connectivity index (χ1n) is 10.5. The van der Waals surface area contributed by atoms with E-state index in [9.17, 15) is 9.59 Å². The number of nitrogens with one attached hydrogen (secondary N) is 1. The molecule has 0 unspecified atom stereocenters. The van der Waals surface area contributed by atoms with Gasteiger partial charge in [0.1, 0.15) is 5.03 Å². The topological polar surface area (TPSA) is 70.5 Å². The Labute approximate surface area is 181 Å². The van der Waals surface area contributed by atoms with Gasteiger partial charge in [-0.15, -0.1) is 0 Å². The number of aromatic nitrogens is 2. The number of thioether (sulfide) groups is 1. The lowest BCUT2D eigenvalue weighted by Crippen LogP contribution is -2.54. The highest BCUT2D eigenvalue weighted by molar-refractivity contribution is 8.00. The van der Waals surface area contributed by atoms with Crippen LogP contribution in [0.3, 0.4) is 0 Å². The van der Waals surface area contributed by atoms with Crippen molar-refractivity contribution in [1.29, 1.82) is 0 Å². The van der Waals surface area contributed by atoms with Crippen molar-refractivity contribution in [3.63, 3.8) is 0 Å². The van der Waals surface area contributed by atoms with Gasteiger partial charge in [-0.2, -0.15) is 4.98 Å². The van der Waals surface area contributed by atoms with E-state index in [1.165, 1.54) is 11.8 Å². The molecule has 1 aromatic carbocycles. The van der Waals surface area contributed by atoms with E-state index in [1.54, 1.807) is 4.68 Å². The maximum atomic E-state index is 12.9. The molecule has 1 fully saturated rings. The molecule has 8 heteroatoms. The van der Waals surface area contributed by atoms with Gasteiger partial charge in [-0.25, -0.2) is 9.47 Å². The molecule has 0 saturated carbocycles. The Hall–Kier alpha value is -2.32. The number of anilines is 1. The zero-order valence-electron chi connectivity index (χ0n) is 17.9. The minimum Gasteiger partial charge on any atom is -0.325 e. The van der Waals surface area contributed by atoms with E-state index in [4.69, 9.17) is 0 Å². The smallest absolute Gasteiger partial charge is 0.325 e. The molecule has 1 amide bonds. The number of carbonyl (C=O) groups excluding carboxylic acids is 1. The van der Waals surface area contributed by atoms with Crippen molar-refractivity contribution in [3.05, 3.63) is 51.1 Å². The van der Waals surface area contributed by atoms with E-state index >= 15 is 0 Å². The number of likely N-dealkylation sites (N-methyl/N-ethyl adjacent to an activating group) is 1. The van der Waals surface area contributed by atoms with Gasteiger partial charge in [0.05, 0.1) is 11.4 Å². The van der Waals surface area contributed by atoms with Crippen molar-refractivity contribution in [2.75, 3.05) is 49.3 Å². The first-order chi connectivity index (χ1) is 14.4. The van der Waals surface area contributed by atoms with Crippen molar-refractivity contribution in [3.8, 4) is 0 Å². The van der Waals surface area contributed by atoms with Crippen molar-refractivity contribution < 1.29 is 4.79 Å². The summed E-state index contributed by atoms with van der Waals surface area (Å²) in [5.74, 6) is 0.163. The van der Waals surface area contributed by atoms with E-state index in [-0.39, 0.29) is 17.3 Å². The Morgan fingerprint density at radius 3 is 2.70 bits per heavy atom. The van der Waals surface area contributed by atoms with Gasteiger partial charge < -0.3 is 15.2 Å². The Kier molecular flexibility index (Phi) is 6.15. The van der Waals surface area contributed by atoms with Crippen LogP contribution in [0.1, 0.15) is 28.8 Å². The van der Waals surface area contributed by atoms with Crippen molar-refractivity contribution >= 4 is 23.4 Å². The molecular weight excluding hydrogens is 398 g/mol. The second kappa shape index (κ2) is 8.81. The quantitative estimate of drug-likeness (QED) is 0.581. The van der Waals surface area contributed by atoms with Gasteiger partial charge in [0.25, 0.3) is 0 Å². The third-order valence-electron chi connectivity index (χ3n) is 6.06. The Balaban J connectivity index is 1.49. The lowest BCUT2D eigenvalue weighted by Gasteiger charge is -2.35. The van der Waals surface area contributed by atoms with Crippen LogP contribution < -0.4 is 16.0 Å². The highest BCUT2D eigenvalue weighted by Gasteiger charge is 2.26. The van der Waals surface area contributed by atoms with Crippen LogP contribution >= 0.6 is 11.8 Å². The van der Waals surface area contributed by atoms with Crippen LogP contribution in [-0.2, 0) is 17.6 Å². The molecule has 1 aliphatic carbocycles. The number of fused-ring (bicyclic) bond motifs is 1. The first kappa shape index (κ1) is 20.9. The summed E-state index contributed by atoms with van der Waals surface area (Å²) in [5.41, 5.74) is 5.05. The molecule has 160 valence electrons. The van der Waals surface area contributed by atoms with Crippen LogP contribution in [0.4, 0.5) is 5.69 Å². The van der Waals surface area contributed by atoms with Crippen molar-refractivity contribution in [2.24, 2.45) is 0 Å². The lowest BCUT2D eigenvalue weighted by molar-refractivity contribution is -0.113. The molecule has 1 N–H and O–H groups in total. The summed E-state index contributed by atoms with van der Waals surface area (Å²) in [5, 5.41) is 5.83.